The van der Waals surface area contributed by atoms with Crippen molar-refractivity contribution in [2.45, 2.75) is 24.7 Å². The third-order valence-electron chi connectivity index (χ3n) is 4.55. The van der Waals surface area contributed by atoms with Crippen LogP contribution < -0.4 is 14.8 Å². The number of benzene rings is 1. The Hall–Kier alpha value is -1.35. The van der Waals surface area contributed by atoms with Crippen molar-refractivity contribution >= 4 is 28.3 Å². The molecule has 2 rings (SSSR count). The van der Waals surface area contributed by atoms with E-state index >= 15 is 0 Å². The van der Waals surface area contributed by atoms with Gasteiger partial charge >= 0.3 is 0 Å². The molecule has 2 N–H and O–H groups in total. The highest BCUT2D eigenvalue weighted by Crippen LogP contribution is 2.26. The molecule has 26 heavy (non-hydrogen) atoms. The summed E-state index contributed by atoms with van der Waals surface area (Å²) in [5, 5.41) is 3.35. The summed E-state index contributed by atoms with van der Waals surface area (Å²) in [6.07, 6.45) is 1.91. The third kappa shape index (κ3) is 5.33. The number of nitrogens with one attached hydrogen (secondary N) is 2. The lowest BCUT2D eigenvalue weighted by molar-refractivity contribution is 0.0690. The zero-order valence-corrected chi connectivity index (χ0v) is 17.1. The van der Waals surface area contributed by atoms with E-state index in [1.807, 2.05) is 0 Å². The van der Waals surface area contributed by atoms with E-state index in [9.17, 15) is 13.2 Å². The van der Waals surface area contributed by atoms with Gasteiger partial charge < -0.3 is 15.0 Å². The van der Waals surface area contributed by atoms with Gasteiger partial charge in [-0.25, -0.2) is 13.1 Å². The van der Waals surface area contributed by atoms with E-state index in [1.165, 1.54) is 26.3 Å². The fourth-order valence-corrected chi connectivity index (χ4v) is 3.92. The summed E-state index contributed by atoms with van der Waals surface area (Å²) in [4.78, 5) is 14.5. The monoisotopic (exact) mass is 405 g/mol. The van der Waals surface area contributed by atoms with Crippen LogP contribution >= 0.6 is 12.4 Å². The molecule has 1 aromatic rings. The number of nitrogens with zero attached hydrogens (tertiary/aromatic N) is 1. The molecule has 0 aromatic heterocycles. The molecule has 7 nitrogen and oxygen atoms in total. The fourth-order valence-electron chi connectivity index (χ4n) is 3.00. The van der Waals surface area contributed by atoms with E-state index in [1.54, 1.807) is 11.0 Å². The maximum absolute atomic E-state index is 12.7. The first kappa shape index (κ1) is 22.7. The van der Waals surface area contributed by atoms with Gasteiger partial charge in [-0.05, 0) is 57.1 Å². The minimum atomic E-state index is -3.70. The molecule has 148 valence electrons. The predicted molar refractivity (Wildman–Crippen MR) is 104 cm³/mol. The van der Waals surface area contributed by atoms with Crippen LogP contribution in [-0.2, 0) is 10.0 Å². The van der Waals surface area contributed by atoms with Crippen LogP contribution in [0.2, 0.25) is 0 Å². The lowest BCUT2D eigenvalue weighted by Gasteiger charge is -2.32. The Morgan fingerprint density at radius 3 is 2.50 bits per heavy atom. The van der Waals surface area contributed by atoms with Gasteiger partial charge in [0, 0.05) is 18.7 Å². The minimum Gasteiger partial charge on any atom is -0.495 e. The Labute approximate surface area is 161 Å². The van der Waals surface area contributed by atoms with Crippen molar-refractivity contribution in [1.82, 2.24) is 14.9 Å². The molecule has 0 saturated carbocycles. The van der Waals surface area contributed by atoms with E-state index in [4.69, 9.17) is 4.74 Å². The quantitative estimate of drug-likeness (QED) is 0.717. The second-order valence-corrected chi connectivity index (χ2v) is 7.97. The van der Waals surface area contributed by atoms with Crippen LogP contribution in [0.15, 0.2) is 23.1 Å². The molecule has 1 amide bonds. The average molecular weight is 406 g/mol. The first-order valence-corrected chi connectivity index (χ1v) is 10.0. The molecule has 9 heteroatoms. The standard InChI is InChI=1S/C17H27N3O4S.ClH/c1-4-19-12-13-7-9-20(10-8-13)17(21)14-5-6-15(24-3)16(11-14)25(22,23)18-2;/h5-6,11,13,18-19H,4,7-10,12H2,1-3H3;1H. The van der Waals surface area contributed by atoms with Gasteiger partial charge in [0.05, 0.1) is 7.11 Å². The van der Waals surface area contributed by atoms with Gasteiger partial charge in [-0.15, -0.1) is 12.4 Å². The van der Waals surface area contributed by atoms with Crippen molar-refractivity contribution in [1.29, 1.82) is 0 Å². The van der Waals surface area contributed by atoms with Crippen LogP contribution in [0.4, 0.5) is 0 Å². The molecule has 1 heterocycles. The van der Waals surface area contributed by atoms with Gasteiger partial charge in [-0.2, -0.15) is 0 Å². The Morgan fingerprint density at radius 2 is 1.96 bits per heavy atom. The second kappa shape index (κ2) is 10.1. The fraction of sp³-hybridized carbons (Fsp3) is 0.588. The normalized spacial score (nSPS) is 15.4. The van der Waals surface area contributed by atoms with Gasteiger partial charge in [-0.1, -0.05) is 6.92 Å². The highest BCUT2D eigenvalue weighted by molar-refractivity contribution is 7.89. The maximum Gasteiger partial charge on any atom is 0.253 e. The number of carbonyl (C=O) groups is 1. The smallest absolute Gasteiger partial charge is 0.253 e. The number of likely N-dealkylation sites (tertiary alicyclic amines) is 1. The van der Waals surface area contributed by atoms with Crippen LogP contribution in [-0.4, -0.2) is 59.6 Å². The van der Waals surface area contributed by atoms with Crippen LogP contribution in [0.1, 0.15) is 30.1 Å². The Bertz CT molecular complexity index is 704. The number of hydrogen-bond donors (Lipinski definition) is 2. The number of hydrogen-bond acceptors (Lipinski definition) is 5. The zero-order chi connectivity index (χ0) is 18.4. The number of sulfonamides is 1. The molecular weight excluding hydrogens is 378 g/mol. The van der Waals surface area contributed by atoms with Crippen LogP contribution in [0, 0.1) is 5.92 Å². The number of amides is 1. The van der Waals surface area contributed by atoms with Gasteiger partial charge in [-0.3, -0.25) is 4.79 Å². The van der Waals surface area contributed by atoms with Crippen molar-refractivity contribution in [3.8, 4) is 5.75 Å². The highest BCUT2D eigenvalue weighted by Gasteiger charge is 2.25. The molecule has 0 aliphatic carbocycles. The minimum absolute atomic E-state index is 0. The van der Waals surface area contributed by atoms with Gasteiger partial charge in [0.25, 0.3) is 5.91 Å². The lowest BCUT2D eigenvalue weighted by atomic mass is 9.96. The van der Waals surface area contributed by atoms with Crippen LogP contribution in [0.3, 0.4) is 0 Å². The van der Waals surface area contributed by atoms with Gasteiger partial charge in [0.2, 0.25) is 10.0 Å². The SMILES string of the molecule is CCNCC1CCN(C(=O)c2ccc(OC)c(S(=O)(=O)NC)c2)CC1.Cl. The summed E-state index contributed by atoms with van der Waals surface area (Å²) in [6.45, 7) is 5.39. The van der Waals surface area contributed by atoms with Crippen LogP contribution in [0.5, 0.6) is 5.75 Å². The summed E-state index contributed by atoms with van der Waals surface area (Å²) in [6, 6.07) is 4.52. The summed E-state index contributed by atoms with van der Waals surface area (Å²) in [5.74, 6) is 0.660. The zero-order valence-electron chi connectivity index (χ0n) is 15.4. The summed E-state index contributed by atoms with van der Waals surface area (Å²) >= 11 is 0. The third-order valence-corrected chi connectivity index (χ3v) is 5.99. The molecule has 0 spiro atoms. The van der Waals surface area contributed by atoms with Crippen molar-refractivity contribution in [3.63, 3.8) is 0 Å². The molecule has 0 unspecified atom stereocenters. The van der Waals surface area contributed by atoms with Crippen molar-refractivity contribution in [3.05, 3.63) is 23.8 Å². The highest BCUT2D eigenvalue weighted by atomic mass is 35.5. The number of piperidine rings is 1. The van der Waals surface area contributed by atoms with Crippen molar-refractivity contribution in [2.75, 3.05) is 40.3 Å². The van der Waals surface area contributed by atoms with Gasteiger partial charge in [0.15, 0.2) is 0 Å². The molecule has 0 atom stereocenters. The maximum atomic E-state index is 12.7. The molecule has 1 fully saturated rings. The topological polar surface area (TPSA) is 87.7 Å². The van der Waals surface area contributed by atoms with Crippen LogP contribution in [0.25, 0.3) is 0 Å². The lowest BCUT2D eigenvalue weighted by Crippen LogP contribution is -2.40. The van der Waals surface area contributed by atoms with Gasteiger partial charge in [0.1, 0.15) is 10.6 Å². The molecule has 0 radical (unpaired) electrons. The summed E-state index contributed by atoms with van der Waals surface area (Å²) < 4.78 is 31.7. The molecule has 1 aliphatic heterocycles. The molecule has 1 aliphatic rings. The van der Waals surface area contributed by atoms with Crippen molar-refractivity contribution in [2.24, 2.45) is 5.92 Å². The first-order valence-electron chi connectivity index (χ1n) is 8.54. The summed E-state index contributed by atoms with van der Waals surface area (Å²) in [7, 11) is -0.966. The Balaban J connectivity index is 0.00000338. The largest absolute Gasteiger partial charge is 0.495 e. The number of ether oxygens (including phenoxy) is 1. The van der Waals surface area contributed by atoms with E-state index in [0.717, 1.165) is 25.9 Å². The molecule has 0 bridgehead atoms. The predicted octanol–water partition coefficient (Wildman–Crippen LogP) is 1.49. The number of carbonyl (C=O) groups excluding carboxylic acids is 1. The Morgan fingerprint density at radius 1 is 1.31 bits per heavy atom. The second-order valence-electron chi connectivity index (χ2n) is 6.12. The first-order chi connectivity index (χ1) is 11.9. The molecule has 1 saturated heterocycles. The summed E-state index contributed by atoms with van der Waals surface area (Å²) in [5.41, 5.74) is 0.361. The average Bonchev–Trinajstić information content (AvgIpc) is 2.65. The number of rotatable bonds is 7. The van der Waals surface area contributed by atoms with E-state index in [2.05, 4.69) is 17.0 Å². The number of halogens is 1. The Kier molecular flexibility index (Phi) is 8.82. The van der Waals surface area contributed by atoms with E-state index < -0.39 is 10.0 Å². The van der Waals surface area contributed by atoms with E-state index in [-0.39, 0.29) is 29.0 Å². The molecule has 1 aromatic carbocycles. The molecular formula is C17H28ClN3O4S. The van der Waals surface area contributed by atoms with E-state index in [0.29, 0.717) is 24.6 Å². The number of methoxy groups -OCH3 is 1. The van der Waals surface area contributed by atoms with Crippen molar-refractivity contribution < 1.29 is 17.9 Å².